The summed E-state index contributed by atoms with van der Waals surface area (Å²) in [6.07, 6.45) is -0.642. The minimum absolute atomic E-state index is 0.0478. The largest absolute Gasteiger partial charge is 0.508 e. The molecule has 5 heteroatoms. The fourth-order valence-electron chi connectivity index (χ4n) is 1.64. The molecule has 0 aliphatic heterocycles. The second-order valence-corrected chi connectivity index (χ2v) is 4.19. The fourth-order valence-corrected chi connectivity index (χ4v) is 1.64. The summed E-state index contributed by atoms with van der Waals surface area (Å²) in [5.74, 6) is -0.549. The zero-order valence-electron chi connectivity index (χ0n) is 10.7. The van der Waals surface area contributed by atoms with E-state index >= 15 is 0 Å². The van der Waals surface area contributed by atoms with Gasteiger partial charge in [-0.05, 0) is 23.8 Å². The highest BCUT2D eigenvalue weighted by Gasteiger charge is 2.07. The molecule has 2 aromatic rings. The molecule has 0 radical (unpaired) electrons. The highest BCUT2D eigenvalue weighted by Crippen LogP contribution is 2.15. The quantitative estimate of drug-likeness (QED) is 0.902. The standard InChI is InChI=1S/C15H14FNO3/c16-14-7-6-13(18)8-12(14)9-17-15(19)20-10-11-4-2-1-3-5-11/h1-8,18H,9-10H2,(H,17,19). The minimum atomic E-state index is -0.642. The van der Waals surface area contributed by atoms with E-state index in [0.717, 1.165) is 11.6 Å². The molecule has 0 saturated heterocycles. The number of hydrogen-bond donors (Lipinski definition) is 2. The lowest BCUT2D eigenvalue weighted by atomic mass is 10.2. The lowest BCUT2D eigenvalue weighted by Gasteiger charge is -2.08. The first-order chi connectivity index (χ1) is 9.65. The van der Waals surface area contributed by atoms with Crippen molar-refractivity contribution >= 4 is 6.09 Å². The zero-order valence-corrected chi connectivity index (χ0v) is 10.7. The maximum absolute atomic E-state index is 13.4. The first-order valence-corrected chi connectivity index (χ1v) is 6.07. The van der Waals surface area contributed by atoms with Crippen molar-refractivity contribution in [3.05, 3.63) is 65.5 Å². The van der Waals surface area contributed by atoms with Gasteiger partial charge in [0.1, 0.15) is 18.2 Å². The van der Waals surface area contributed by atoms with Crippen molar-refractivity contribution in [1.82, 2.24) is 5.32 Å². The molecule has 0 aromatic heterocycles. The predicted octanol–water partition coefficient (Wildman–Crippen LogP) is 2.96. The first-order valence-electron chi connectivity index (χ1n) is 6.07. The predicted molar refractivity (Wildman–Crippen MR) is 71.5 cm³/mol. The van der Waals surface area contributed by atoms with Crippen molar-refractivity contribution in [3.8, 4) is 5.75 Å². The van der Waals surface area contributed by atoms with E-state index in [4.69, 9.17) is 4.74 Å². The van der Waals surface area contributed by atoms with Crippen LogP contribution in [0.25, 0.3) is 0 Å². The minimum Gasteiger partial charge on any atom is -0.508 e. The Morgan fingerprint density at radius 2 is 1.95 bits per heavy atom. The number of nitrogens with one attached hydrogen (secondary N) is 1. The van der Waals surface area contributed by atoms with Gasteiger partial charge in [-0.2, -0.15) is 0 Å². The number of phenolic OH excluding ortho intramolecular Hbond substituents is 1. The van der Waals surface area contributed by atoms with Crippen LogP contribution in [0, 0.1) is 5.82 Å². The Balaban J connectivity index is 1.82. The van der Waals surface area contributed by atoms with E-state index in [9.17, 15) is 14.3 Å². The monoisotopic (exact) mass is 275 g/mol. The summed E-state index contributed by atoms with van der Waals surface area (Å²) in [6.45, 7) is 0.100. The molecule has 0 unspecified atom stereocenters. The number of benzene rings is 2. The summed E-state index contributed by atoms with van der Waals surface area (Å²) < 4.78 is 18.4. The van der Waals surface area contributed by atoms with Crippen LogP contribution in [0.5, 0.6) is 5.75 Å². The summed E-state index contributed by atoms with van der Waals surface area (Å²) in [4.78, 5) is 11.5. The maximum Gasteiger partial charge on any atom is 0.407 e. The van der Waals surface area contributed by atoms with Crippen LogP contribution in [0.2, 0.25) is 0 Å². The topological polar surface area (TPSA) is 58.6 Å². The average Bonchev–Trinajstić information content (AvgIpc) is 2.47. The van der Waals surface area contributed by atoms with E-state index in [1.807, 2.05) is 30.3 Å². The summed E-state index contributed by atoms with van der Waals surface area (Å²) in [5, 5.41) is 11.7. The van der Waals surface area contributed by atoms with Crippen LogP contribution >= 0.6 is 0 Å². The molecule has 0 spiro atoms. The SMILES string of the molecule is O=C(NCc1cc(O)ccc1F)OCc1ccccc1. The molecule has 104 valence electrons. The molecule has 0 bridgehead atoms. The molecule has 0 aliphatic rings. The zero-order chi connectivity index (χ0) is 14.4. The van der Waals surface area contributed by atoms with E-state index in [1.165, 1.54) is 12.1 Å². The molecule has 0 atom stereocenters. The van der Waals surface area contributed by atoms with E-state index in [2.05, 4.69) is 5.32 Å². The van der Waals surface area contributed by atoms with Crippen LogP contribution in [0.3, 0.4) is 0 Å². The van der Waals surface area contributed by atoms with Crippen LogP contribution in [0.1, 0.15) is 11.1 Å². The highest BCUT2D eigenvalue weighted by atomic mass is 19.1. The number of alkyl carbamates (subject to hydrolysis) is 1. The second-order valence-electron chi connectivity index (χ2n) is 4.19. The van der Waals surface area contributed by atoms with Gasteiger partial charge in [0.05, 0.1) is 0 Å². The molecule has 0 heterocycles. The summed E-state index contributed by atoms with van der Waals surface area (Å²) in [5.41, 5.74) is 1.06. The van der Waals surface area contributed by atoms with Gasteiger partial charge in [-0.3, -0.25) is 0 Å². The molecule has 2 rings (SSSR count). The van der Waals surface area contributed by atoms with Gasteiger partial charge < -0.3 is 15.2 Å². The van der Waals surface area contributed by atoms with Crippen LogP contribution < -0.4 is 5.32 Å². The summed E-state index contributed by atoms with van der Waals surface area (Å²) in [7, 11) is 0. The smallest absolute Gasteiger partial charge is 0.407 e. The fraction of sp³-hybridized carbons (Fsp3) is 0.133. The molecule has 0 saturated carbocycles. The van der Waals surface area contributed by atoms with Crippen LogP contribution in [0.4, 0.5) is 9.18 Å². The van der Waals surface area contributed by atoms with Crippen molar-refractivity contribution in [3.63, 3.8) is 0 Å². The molecular formula is C15H14FNO3. The molecule has 20 heavy (non-hydrogen) atoms. The van der Waals surface area contributed by atoms with E-state index < -0.39 is 11.9 Å². The number of phenols is 1. The number of halogens is 1. The van der Waals surface area contributed by atoms with Gasteiger partial charge in [-0.15, -0.1) is 0 Å². The number of rotatable bonds is 4. The second kappa shape index (κ2) is 6.56. The number of carbonyl (C=O) groups excluding carboxylic acids is 1. The van der Waals surface area contributed by atoms with Crippen molar-refractivity contribution in [2.24, 2.45) is 0 Å². The van der Waals surface area contributed by atoms with Gasteiger partial charge in [0.2, 0.25) is 0 Å². The Hall–Kier alpha value is -2.56. The summed E-state index contributed by atoms with van der Waals surface area (Å²) >= 11 is 0. The van der Waals surface area contributed by atoms with E-state index in [1.54, 1.807) is 0 Å². The van der Waals surface area contributed by atoms with Gasteiger partial charge in [-0.25, -0.2) is 9.18 Å². The number of aromatic hydroxyl groups is 1. The van der Waals surface area contributed by atoms with E-state index in [0.29, 0.717) is 0 Å². The number of amides is 1. The molecule has 2 aromatic carbocycles. The third-order valence-corrected chi connectivity index (χ3v) is 2.67. The molecular weight excluding hydrogens is 261 g/mol. The van der Waals surface area contributed by atoms with Crippen LogP contribution in [-0.2, 0) is 17.9 Å². The van der Waals surface area contributed by atoms with Gasteiger partial charge in [0.15, 0.2) is 0 Å². The molecule has 4 nitrogen and oxygen atoms in total. The van der Waals surface area contributed by atoms with Crippen LogP contribution in [-0.4, -0.2) is 11.2 Å². The van der Waals surface area contributed by atoms with Crippen LogP contribution in [0.15, 0.2) is 48.5 Å². The molecule has 0 fully saturated rings. The number of carbonyl (C=O) groups is 1. The third-order valence-electron chi connectivity index (χ3n) is 2.67. The van der Waals surface area contributed by atoms with Gasteiger partial charge >= 0.3 is 6.09 Å². The Kier molecular flexibility index (Phi) is 4.55. The molecule has 2 N–H and O–H groups in total. The Bertz CT molecular complexity index is 587. The van der Waals surface area contributed by atoms with Gasteiger partial charge in [-0.1, -0.05) is 30.3 Å². The highest BCUT2D eigenvalue weighted by molar-refractivity contribution is 5.67. The Morgan fingerprint density at radius 1 is 1.20 bits per heavy atom. The van der Waals surface area contributed by atoms with Crippen molar-refractivity contribution in [1.29, 1.82) is 0 Å². The molecule has 0 aliphatic carbocycles. The van der Waals surface area contributed by atoms with Crippen molar-refractivity contribution < 1.29 is 19.0 Å². The first kappa shape index (κ1) is 13.9. The lowest BCUT2D eigenvalue weighted by molar-refractivity contribution is 0.139. The normalized spacial score (nSPS) is 10.1. The van der Waals surface area contributed by atoms with Gasteiger partial charge in [0.25, 0.3) is 0 Å². The summed E-state index contributed by atoms with van der Waals surface area (Å²) in [6, 6.07) is 12.9. The average molecular weight is 275 g/mol. The Morgan fingerprint density at radius 3 is 2.70 bits per heavy atom. The maximum atomic E-state index is 13.4. The number of ether oxygens (including phenoxy) is 1. The third kappa shape index (κ3) is 3.98. The lowest BCUT2D eigenvalue weighted by Crippen LogP contribution is -2.24. The number of hydrogen-bond acceptors (Lipinski definition) is 3. The Labute approximate surface area is 115 Å². The van der Waals surface area contributed by atoms with Crippen molar-refractivity contribution in [2.75, 3.05) is 0 Å². The van der Waals surface area contributed by atoms with Gasteiger partial charge in [0, 0.05) is 12.1 Å². The van der Waals surface area contributed by atoms with E-state index in [-0.39, 0.29) is 24.5 Å². The van der Waals surface area contributed by atoms with Crippen molar-refractivity contribution in [2.45, 2.75) is 13.2 Å². The molecule has 1 amide bonds.